The average Bonchev–Trinajstić information content (AvgIpc) is 2.78. The van der Waals surface area contributed by atoms with Gasteiger partial charge in [0.25, 0.3) is 0 Å². The smallest absolute Gasteiger partial charge is 0.0724 e. The monoisotopic (exact) mass is 244 g/mol. The van der Waals surface area contributed by atoms with Crippen molar-refractivity contribution in [1.29, 1.82) is 0 Å². The van der Waals surface area contributed by atoms with Crippen molar-refractivity contribution in [3.8, 4) is 0 Å². The Labute approximate surface area is 103 Å². The highest BCUT2D eigenvalue weighted by atomic mass is 32.2. The zero-order valence-corrected chi connectivity index (χ0v) is 11.4. The van der Waals surface area contributed by atoms with Crippen molar-refractivity contribution in [3.05, 3.63) is 0 Å². The summed E-state index contributed by atoms with van der Waals surface area (Å²) in [5.41, 5.74) is 0. The Morgan fingerprint density at radius 1 is 1.38 bits per heavy atom. The second-order valence-corrected chi connectivity index (χ2v) is 6.11. The first-order valence-electron chi connectivity index (χ1n) is 6.26. The van der Waals surface area contributed by atoms with E-state index in [9.17, 15) is 0 Å². The Morgan fingerprint density at radius 3 is 2.88 bits per heavy atom. The number of rotatable bonds is 3. The molecule has 4 atom stereocenters. The number of likely N-dealkylation sites (tertiary alicyclic amines) is 1. The average molecular weight is 244 g/mol. The fraction of sp³-hybridized carbons (Fsp3) is 1.00. The molecule has 2 saturated heterocycles. The molecule has 0 amide bonds. The number of methoxy groups -OCH3 is 1. The molecule has 0 bridgehead atoms. The van der Waals surface area contributed by atoms with E-state index in [4.69, 9.17) is 4.74 Å². The van der Waals surface area contributed by atoms with E-state index >= 15 is 0 Å². The van der Waals surface area contributed by atoms with Crippen LogP contribution < -0.4 is 5.32 Å². The van der Waals surface area contributed by atoms with Crippen LogP contribution >= 0.6 is 11.8 Å². The van der Waals surface area contributed by atoms with E-state index in [1.165, 1.54) is 13.0 Å². The van der Waals surface area contributed by atoms with Gasteiger partial charge in [-0.05, 0) is 25.1 Å². The molecule has 16 heavy (non-hydrogen) atoms. The minimum absolute atomic E-state index is 0.428. The second kappa shape index (κ2) is 5.71. The molecule has 2 heterocycles. The second-order valence-electron chi connectivity index (χ2n) is 5.03. The van der Waals surface area contributed by atoms with Gasteiger partial charge in [0.1, 0.15) is 0 Å². The first-order chi connectivity index (χ1) is 7.76. The van der Waals surface area contributed by atoms with Gasteiger partial charge in [0.15, 0.2) is 0 Å². The van der Waals surface area contributed by atoms with Gasteiger partial charge in [-0.15, -0.1) is 0 Å². The Morgan fingerprint density at radius 2 is 2.19 bits per heavy atom. The summed E-state index contributed by atoms with van der Waals surface area (Å²) in [4.78, 5) is 2.63. The van der Waals surface area contributed by atoms with E-state index < -0.39 is 0 Å². The molecule has 0 radical (unpaired) electrons. The van der Waals surface area contributed by atoms with Gasteiger partial charge >= 0.3 is 0 Å². The maximum atomic E-state index is 5.59. The first-order valence-corrected chi connectivity index (χ1v) is 7.55. The van der Waals surface area contributed by atoms with E-state index in [0.29, 0.717) is 18.1 Å². The predicted molar refractivity (Wildman–Crippen MR) is 70.1 cm³/mol. The number of ether oxygens (including phenoxy) is 1. The van der Waals surface area contributed by atoms with Crippen LogP contribution in [0.3, 0.4) is 0 Å². The van der Waals surface area contributed by atoms with Crippen LogP contribution in [0.2, 0.25) is 0 Å². The van der Waals surface area contributed by atoms with Crippen molar-refractivity contribution in [3.63, 3.8) is 0 Å². The lowest BCUT2D eigenvalue weighted by Gasteiger charge is -2.40. The van der Waals surface area contributed by atoms with Crippen LogP contribution in [0.1, 0.15) is 13.3 Å². The lowest BCUT2D eigenvalue weighted by Crippen LogP contribution is -2.51. The standard InChI is InChI=1S/C12H24N2OS/c1-9-4-5-14(8-11(9)15-2)10-6-13-7-12(10)16-3/h9-13H,4-8H2,1-3H3. The van der Waals surface area contributed by atoms with E-state index in [-0.39, 0.29) is 0 Å². The summed E-state index contributed by atoms with van der Waals surface area (Å²) in [6.07, 6.45) is 3.93. The maximum absolute atomic E-state index is 5.59. The Balaban J connectivity index is 1.94. The Kier molecular flexibility index (Phi) is 4.53. The minimum Gasteiger partial charge on any atom is -0.380 e. The summed E-state index contributed by atoms with van der Waals surface area (Å²) in [7, 11) is 1.85. The fourth-order valence-corrected chi connectivity index (χ4v) is 3.78. The van der Waals surface area contributed by atoms with Crippen molar-refractivity contribution in [2.24, 2.45) is 5.92 Å². The number of nitrogens with one attached hydrogen (secondary N) is 1. The van der Waals surface area contributed by atoms with Crippen LogP contribution in [0, 0.1) is 5.92 Å². The molecular formula is C12H24N2OS. The third kappa shape index (κ3) is 2.55. The number of nitrogens with zero attached hydrogens (tertiary/aromatic N) is 1. The fourth-order valence-electron chi connectivity index (χ4n) is 2.91. The minimum atomic E-state index is 0.428. The highest BCUT2D eigenvalue weighted by molar-refractivity contribution is 7.99. The summed E-state index contributed by atoms with van der Waals surface area (Å²) in [6.45, 7) is 6.97. The third-order valence-corrected chi connectivity index (χ3v) is 5.21. The number of hydrogen-bond acceptors (Lipinski definition) is 4. The zero-order chi connectivity index (χ0) is 11.5. The van der Waals surface area contributed by atoms with E-state index in [2.05, 4.69) is 23.4 Å². The van der Waals surface area contributed by atoms with Gasteiger partial charge in [-0.1, -0.05) is 6.92 Å². The third-order valence-electron chi connectivity index (χ3n) is 4.12. The number of hydrogen-bond donors (Lipinski definition) is 1. The van der Waals surface area contributed by atoms with Gasteiger partial charge < -0.3 is 10.1 Å². The molecule has 0 spiro atoms. The summed E-state index contributed by atoms with van der Waals surface area (Å²) < 4.78 is 5.59. The molecule has 2 fully saturated rings. The SMILES string of the molecule is COC1CN(C2CNCC2SC)CCC1C. The molecule has 2 aliphatic heterocycles. The van der Waals surface area contributed by atoms with Crippen LogP contribution in [-0.4, -0.2) is 61.8 Å². The topological polar surface area (TPSA) is 24.5 Å². The normalized spacial score (nSPS) is 41.4. The maximum Gasteiger partial charge on any atom is 0.0724 e. The largest absolute Gasteiger partial charge is 0.380 e. The number of piperidine rings is 1. The summed E-state index contributed by atoms with van der Waals surface area (Å²) in [5.74, 6) is 0.711. The van der Waals surface area contributed by atoms with Gasteiger partial charge in [-0.25, -0.2) is 0 Å². The Bertz CT molecular complexity index is 227. The molecule has 0 saturated carbocycles. The van der Waals surface area contributed by atoms with Crippen LogP contribution in [0.15, 0.2) is 0 Å². The van der Waals surface area contributed by atoms with Crippen molar-refractivity contribution in [2.45, 2.75) is 30.7 Å². The predicted octanol–water partition coefficient (Wildman–Crippen LogP) is 1.05. The summed E-state index contributed by atoms with van der Waals surface area (Å²) >= 11 is 2.00. The van der Waals surface area contributed by atoms with Crippen molar-refractivity contribution < 1.29 is 4.74 Å². The molecule has 2 aliphatic rings. The molecule has 0 aliphatic carbocycles. The molecule has 0 aromatic heterocycles. The number of thioether (sulfide) groups is 1. The highest BCUT2D eigenvalue weighted by Gasteiger charge is 2.36. The van der Waals surface area contributed by atoms with Gasteiger partial charge in [-0.3, -0.25) is 4.90 Å². The van der Waals surface area contributed by atoms with Crippen LogP contribution in [0.5, 0.6) is 0 Å². The molecule has 1 N–H and O–H groups in total. The quantitative estimate of drug-likeness (QED) is 0.802. The van der Waals surface area contributed by atoms with Gasteiger partial charge in [0.05, 0.1) is 6.10 Å². The Hall–Kier alpha value is 0.230. The van der Waals surface area contributed by atoms with Gasteiger partial charge in [0, 0.05) is 38.0 Å². The van der Waals surface area contributed by atoms with Crippen LogP contribution in [0.25, 0.3) is 0 Å². The molecule has 2 rings (SSSR count). The molecule has 94 valence electrons. The molecule has 0 aromatic rings. The molecule has 4 unspecified atom stereocenters. The van der Waals surface area contributed by atoms with Crippen molar-refractivity contribution in [1.82, 2.24) is 10.2 Å². The van der Waals surface area contributed by atoms with Crippen molar-refractivity contribution >= 4 is 11.8 Å². The van der Waals surface area contributed by atoms with Gasteiger partial charge in [0.2, 0.25) is 0 Å². The lowest BCUT2D eigenvalue weighted by molar-refractivity contribution is -0.0157. The zero-order valence-electron chi connectivity index (χ0n) is 10.6. The van der Waals surface area contributed by atoms with Crippen LogP contribution in [0.4, 0.5) is 0 Å². The van der Waals surface area contributed by atoms with E-state index in [1.807, 2.05) is 18.9 Å². The summed E-state index contributed by atoms with van der Waals surface area (Å²) in [5, 5.41) is 4.27. The van der Waals surface area contributed by atoms with Crippen LogP contribution in [-0.2, 0) is 4.74 Å². The van der Waals surface area contributed by atoms with E-state index in [1.54, 1.807) is 0 Å². The van der Waals surface area contributed by atoms with Gasteiger partial charge in [-0.2, -0.15) is 11.8 Å². The first kappa shape index (κ1) is 12.7. The van der Waals surface area contributed by atoms with E-state index in [0.717, 1.165) is 24.9 Å². The van der Waals surface area contributed by atoms with Crippen molar-refractivity contribution in [2.75, 3.05) is 39.5 Å². The summed E-state index contributed by atoms with van der Waals surface area (Å²) in [6, 6.07) is 0.708. The highest BCUT2D eigenvalue weighted by Crippen LogP contribution is 2.26. The molecule has 4 heteroatoms. The molecular weight excluding hydrogens is 220 g/mol. The lowest BCUT2D eigenvalue weighted by atomic mass is 9.94. The molecule has 0 aromatic carbocycles. The molecule has 3 nitrogen and oxygen atoms in total.